The number of ether oxygens (including phenoxy) is 1. The molecule has 0 unspecified atom stereocenters. The predicted octanol–water partition coefficient (Wildman–Crippen LogP) is 1.87. The van der Waals surface area contributed by atoms with Gasteiger partial charge in [-0.3, -0.25) is 4.79 Å². The number of carbonyl (C=O) groups is 1. The van der Waals surface area contributed by atoms with Crippen molar-refractivity contribution >= 4 is 17.3 Å². The first kappa shape index (κ1) is 18.1. The zero-order chi connectivity index (χ0) is 18.5. The topological polar surface area (TPSA) is 46.0 Å². The van der Waals surface area contributed by atoms with E-state index < -0.39 is 6.61 Å². The fourth-order valence-electron chi connectivity index (χ4n) is 2.92. The van der Waals surface area contributed by atoms with Crippen LogP contribution in [0.1, 0.15) is 10.4 Å². The number of piperazine rings is 1. The largest absolute Gasteiger partial charge is 0.435 e. The molecular formula is C19H22F2N3O2+. The lowest BCUT2D eigenvalue weighted by molar-refractivity contribution is -0.880. The normalized spacial score (nSPS) is 15.2. The summed E-state index contributed by atoms with van der Waals surface area (Å²) in [5.74, 6) is -0.416. The van der Waals surface area contributed by atoms with Crippen molar-refractivity contribution < 1.29 is 23.2 Å². The smallest absolute Gasteiger partial charge is 0.387 e. The molecule has 1 aliphatic heterocycles. The molecule has 0 bridgehead atoms. The minimum Gasteiger partial charge on any atom is -0.435 e. The van der Waals surface area contributed by atoms with Crippen LogP contribution in [0.5, 0.6) is 5.75 Å². The molecule has 2 aromatic rings. The SMILES string of the molecule is C[NH+]1CCN(c2ccc(NC(=O)c3cccc(OC(F)F)c3)cc2)CC1. The summed E-state index contributed by atoms with van der Waals surface area (Å²) in [5.41, 5.74) is 2.04. The molecule has 2 aromatic carbocycles. The van der Waals surface area contributed by atoms with Crippen LogP contribution in [-0.4, -0.2) is 45.7 Å². The van der Waals surface area contributed by atoms with Crippen LogP contribution in [0.3, 0.4) is 0 Å². The van der Waals surface area contributed by atoms with Crippen molar-refractivity contribution in [2.24, 2.45) is 0 Å². The molecule has 138 valence electrons. The number of halogens is 2. The number of rotatable bonds is 5. The van der Waals surface area contributed by atoms with Crippen molar-refractivity contribution in [2.75, 3.05) is 43.4 Å². The zero-order valence-electron chi connectivity index (χ0n) is 14.5. The summed E-state index contributed by atoms with van der Waals surface area (Å²) in [6, 6.07) is 13.4. The standard InChI is InChI=1S/C19H21F2N3O2/c1-23-9-11-24(12-10-23)16-7-5-15(6-8-16)22-18(25)14-3-2-4-17(13-14)26-19(20)21/h2-8,13,19H,9-12H2,1H3,(H,22,25)/p+1. The zero-order valence-corrected chi connectivity index (χ0v) is 14.5. The summed E-state index contributed by atoms with van der Waals surface area (Å²) in [6.45, 7) is 1.31. The summed E-state index contributed by atoms with van der Waals surface area (Å²) in [5, 5.41) is 2.77. The van der Waals surface area contributed by atoms with Gasteiger partial charge >= 0.3 is 6.61 Å². The first-order chi connectivity index (χ1) is 12.5. The second-order valence-corrected chi connectivity index (χ2v) is 6.35. The third-order valence-electron chi connectivity index (χ3n) is 4.43. The van der Waals surface area contributed by atoms with Gasteiger partial charge in [0.2, 0.25) is 0 Å². The van der Waals surface area contributed by atoms with Crippen molar-refractivity contribution in [3.05, 3.63) is 54.1 Å². The number of hydrogen-bond donors (Lipinski definition) is 2. The van der Waals surface area contributed by atoms with E-state index in [4.69, 9.17) is 0 Å². The van der Waals surface area contributed by atoms with E-state index >= 15 is 0 Å². The van der Waals surface area contributed by atoms with Gasteiger partial charge in [-0.15, -0.1) is 0 Å². The third kappa shape index (κ3) is 4.70. The number of quaternary nitrogens is 1. The van der Waals surface area contributed by atoms with Gasteiger partial charge in [0, 0.05) is 16.9 Å². The molecule has 1 aliphatic rings. The number of hydrogen-bond acceptors (Lipinski definition) is 3. The van der Waals surface area contributed by atoms with Gasteiger partial charge in [0.1, 0.15) is 5.75 Å². The number of amides is 1. The van der Waals surface area contributed by atoms with E-state index in [0.29, 0.717) is 5.69 Å². The lowest BCUT2D eigenvalue weighted by Gasteiger charge is -2.31. The van der Waals surface area contributed by atoms with Crippen molar-refractivity contribution in [1.29, 1.82) is 0 Å². The van der Waals surface area contributed by atoms with Crippen LogP contribution in [0, 0.1) is 0 Å². The molecule has 26 heavy (non-hydrogen) atoms. The first-order valence-electron chi connectivity index (χ1n) is 8.54. The molecule has 0 aliphatic carbocycles. The molecular weight excluding hydrogens is 340 g/mol. The molecule has 0 radical (unpaired) electrons. The highest BCUT2D eigenvalue weighted by Gasteiger charge is 2.17. The Morgan fingerprint density at radius 1 is 1.15 bits per heavy atom. The number of nitrogens with one attached hydrogen (secondary N) is 2. The van der Waals surface area contributed by atoms with Gasteiger partial charge in [-0.05, 0) is 42.5 Å². The van der Waals surface area contributed by atoms with E-state index in [9.17, 15) is 13.6 Å². The van der Waals surface area contributed by atoms with Crippen molar-refractivity contribution in [1.82, 2.24) is 0 Å². The number of likely N-dealkylation sites (N-methyl/N-ethyl adjacent to an activating group) is 1. The summed E-state index contributed by atoms with van der Waals surface area (Å²) in [7, 11) is 2.19. The maximum Gasteiger partial charge on any atom is 0.387 e. The fraction of sp³-hybridized carbons (Fsp3) is 0.316. The summed E-state index contributed by atoms with van der Waals surface area (Å²) in [4.78, 5) is 16.2. The number of nitrogens with zero attached hydrogens (tertiary/aromatic N) is 1. The predicted molar refractivity (Wildman–Crippen MR) is 96.3 cm³/mol. The van der Waals surface area contributed by atoms with Crippen molar-refractivity contribution in [3.8, 4) is 5.75 Å². The molecule has 3 rings (SSSR count). The maximum absolute atomic E-state index is 12.3. The minimum atomic E-state index is -2.92. The molecule has 0 aromatic heterocycles. The fourth-order valence-corrected chi connectivity index (χ4v) is 2.92. The van der Waals surface area contributed by atoms with E-state index in [1.54, 1.807) is 6.07 Å². The van der Waals surface area contributed by atoms with Crippen LogP contribution in [0.4, 0.5) is 20.2 Å². The Labute approximate surface area is 151 Å². The van der Waals surface area contributed by atoms with Crippen LogP contribution < -0.4 is 19.9 Å². The van der Waals surface area contributed by atoms with Gasteiger partial charge in [0.15, 0.2) is 0 Å². The summed E-state index contributed by atoms with van der Waals surface area (Å²) < 4.78 is 28.9. The van der Waals surface area contributed by atoms with E-state index in [1.807, 2.05) is 24.3 Å². The van der Waals surface area contributed by atoms with E-state index in [-0.39, 0.29) is 17.2 Å². The minimum absolute atomic E-state index is 0.0415. The number of anilines is 2. The van der Waals surface area contributed by atoms with Crippen LogP contribution in [-0.2, 0) is 0 Å². The Hall–Kier alpha value is -2.67. The second kappa shape index (κ2) is 8.14. The lowest BCUT2D eigenvalue weighted by atomic mass is 10.2. The van der Waals surface area contributed by atoms with Crippen LogP contribution in [0.25, 0.3) is 0 Å². The van der Waals surface area contributed by atoms with E-state index in [0.717, 1.165) is 31.9 Å². The van der Waals surface area contributed by atoms with Gasteiger partial charge in [0.05, 0.1) is 33.2 Å². The summed E-state index contributed by atoms with van der Waals surface area (Å²) in [6.07, 6.45) is 0. The first-order valence-corrected chi connectivity index (χ1v) is 8.54. The van der Waals surface area contributed by atoms with E-state index in [1.165, 1.54) is 23.1 Å². The number of alkyl halides is 2. The highest BCUT2D eigenvalue weighted by molar-refractivity contribution is 6.04. The molecule has 5 nitrogen and oxygen atoms in total. The van der Waals surface area contributed by atoms with Crippen LogP contribution >= 0.6 is 0 Å². The molecule has 1 amide bonds. The molecule has 1 fully saturated rings. The molecule has 7 heteroatoms. The Kier molecular flexibility index (Phi) is 5.68. The maximum atomic E-state index is 12.3. The molecule has 1 saturated heterocycles. The van der Waals surface area contributed by atoms with Crippen LogP contribution in [0.15, 0.2) is 48.5 Å². The summed E-state index contributed by atoms with van der Waals surface area (Å²) >= 11 is 0. The van der Waals surface area contributed by atoms with Gasteiger partial charge in [-0.1, -0.05) is 6.07 Å². The monoisotopic (exact) mass is 362 g/mol. The Bertz CT molecular complexity index is 745. The van der Waals surface area contributed by atoms with Gasteiger partial charge < -0.3 is 19.9 Å². The lowest BCUT2D eigenvalue weighted by Crippen LogP contribution is -3.12. The molecule has 1 heterocycles. The van der Waals surface area contributed by atoms with E-state index in [2.05, 4.69) is 22.0 Å². The van der Waals surface area contributed by atoms with Crippen LogP contribution in [0.2, 0.25) is 0 Å². The second-order valence-electron chi connectivity index (χ2n) is 6.35. The highest BCUT2D eigenvalue weighted by atomic mass is 19.3. The van der Waals surface area contributed by atoms with Gasteiger partial charge in [-0.25, -0.2) is 0 Å². The number of carbonyl (C=O) groups excluding carboxylic acids is 1. The Morgan fingerprint density at radius 2 is 1.85 bits per heavy atom. The van der Waals surface area contributed by atoms with Crippen molar-refractivity contribution in [3.63, 3.8) is 0 Å². The number of benzene rings is 2. The molecule has 0 spiro atoms. The molecule has 2 N–H and O–H groups in total. The third-order valence-corrected chi connectivity index (χ3v) is 4.43. The Morgan fingerprint density at radius 3 is 2.50 bits per heavy atom. The average Bonchev–Trinajstić information content (AvgIpc) is 2.63. The molecule has 0 atom stereocenters. The highest BCUT2D eigenvalue weighted by Crippen LogP contribution is 2.20. The average molecular weight is 362 g/mol. The Balaban J connectivity index is 1.63. The van der Waals surface area contributed by atoms with Gasteiger partial charge in [-0.2, -0.15) is 8.78 Å². The van der Waals surface area contributed by atoms with Crippen molar-refractivity contribution in [2.45, 2.75) is 6.61 Å². The van der Waals surface area contributed by atoms with Gasteiger partial charge in [0.25, 0.3) is 5.91 Å². The quantitative estimate of drug-likeness (QED) is 0.854. The molecule has 0 saturated carbocycles.